The van der Waals surface area contributed by atoms with Crippen LogP contribution in [0.4, 0.5) is 5.69 Å². The van der Waals surface area contributed by atoms with Crippen LogP contribution in [0.3, 0.4) is 0 Å². The number of anilines is 1. The summed E-state index contributed by atoms with van der Waals surface area (Å²) in [6.45, 7) is 3.92. The molecule has 0 unspecified atom stereocenters. The van der Waals surface area contributed by atoms with Gasteiger partial charge in [0, 0.05) is 43.7 Å². The Kier molecular flexibility index (Phi) is 2.62. The lowest BCUT2D eigenvalue weighted by molar-refractivity contribution is 0.101. The maximum Gasteiger partial charge on any atom is 0.176 e. The predicted molar refractivity (Wildman–Crippen MR) is 74.4 cm³/mol. The SMILES string of the molecule is CC(=O)c1cc2cc(N3CCCC3)ccc2n1C. The van der Waals surface area contributed by atoms with Crippen LogP contribution in [0.1, 0.15) is 30.3 Å². The van der Waals surface area contributed by atoms with Crippen LogP contribution in [-0.2, 0) is 7.05 Å². The van der Waals surface area contributed by atoms with Gasteiger partial charge in [-0.25, -0.2) is 0 Å². The van der Waals surface area contributed by atoms with Crippen LogP contribution < -0.4 is 4.90 Å². The van der Waals surface area contributed by atoms with Crippen molar-refractivity contribution in [1.82, 2.24) is 4.57 Å². The lowest BCUT2D eigenvalue weighted by atomic mass is 10.2. The van der Waals surface area contributed by atoms with Gasteiger partial charge in [0.1, 0.15) is 0 Å². The Hall–Kier alpha value is -1.77. The van der Waals surface area contributed by atoms with Gasteiger partial charge in [0.2, 0.25) is 0 Å². The van der Waals surface area contributed by atoms with Gasteiger partial charge < -0.3 is 9.47 Å². The summed E-state index contributed by atoms with van der Waals surface area (Å²) >= 11 is 0. The number of aryl methyl sites for hydroxylation is 1. The molecule has 1 aliphatic rings. The van der Waals surface area contributed by atoms with Gasteiger partial charge in [-0.3, -0.25) is 4.79 Å². The lowest BCUT2D eigenvalue weighted by Gasteiger charge is -2.17. The fourth-order valence-electron chi connectivity index (χ4n) is 2.85. The molecule has 2 heterocycles. The molecule has 0 spiro atoms. The van der Waals surface area contributed by atoms with Gasteiger partial charge in [0.15, 0.2) is 5.78 Å². The molecule has 1 aromatic carbocycles. The minimum Gasteiger partial charge on any atom is -0.372 e. The third kappa shape index (κ3) is 1.70. The number of carbonyl (C=O) groups is 1. The number of Topliss-reactive ketones (excluding diaryl/α,β-unsaturated/α-hetero) is 1. The Morgan fingerprint density at radius 2 is 1.89 bits per heavy atom. The van der Waals surface area contributed by atoms with E-state index in [2.05, 4.69) is 23.1 Å². The average molecular weight is 242 g/mol. The maximum absolute atomic E-state index is 11.5. The third-order valence-electron chi connectivity index (χ3n) is 3.86. The van der Waals surface area contributed by atoms with Crippen molar-refractivity contribution in [3.05, 3.63) is 30.0 Å². The van der Waals surface area contributed by atoms with Crippen molar-refractivity contribution in [1.29, 1.82) is 0 Å². The van der Waals surface area contributed by atoms with E-state index in [1.165, 1.54) is 18.5 Å². The number of hydrogen-bond donors (Lipinski definition) is 0. The van der Waals surface area contributed by atoms with E-state index in [4.69, 9.17) is 0 Å². The fourth-order valence-corrected chi connectivity index (χ4v) is 2.85. The molecule has 0 saturated carbocycles. The number of ketones is 1. The van der Waals surface area contributed by atoms with Crippen LogP contribution in [-0.4, -0.2) is 23.4 Å². The quantitative estimate of drug-likeness (QED) is 0.756. The van der Waals surface area contributed by atoms with E-state index in [1.54, 1.807) is 6.92 Å². The van der Waals surface area contributed by atoms with E-state index >= 15 is 0 Å². The minimum atomic E-state index is 0.122. The molecular weight excluding hydrogens is 224 g/mol. The number of nitrogens with zero attached hydrogens (tertiary/aromatic N) is 2. The molecule has 18 heavy (non-hydrogen) atoms. The Bertz CT molecular complexity index is 606. The third-order valence-corrected chi connectivity index (χ3v) is 3.86. The van der Waals surface area contributed by atoms with Crippen LogP contribution in [0.25, 0.3) is 10.9 Å². The highest BCUT2D eigenvalue weighted by atomic mass is 16.1. The maximum atomic E-state index is 11.5. The second-order valence-electron chi connectivity index (χ2n) is 5.08. The molecule has 0 N–H and O–H groups in total. The van der Waals surface area contributed by atoms with Crippen molar-refractivity contribution in [2.24, 2.45) is 7.05 Å². The molecule has 3 heteroatoms. The molecule has 3 nitrogen and oxygen atoms in total. The van der Waals surface area contributed by atoms with Crippen LogP contribution in [0, 0.1) is 0 Å². The number of aromatic nitrogens is 1. The molecule has 2 aromatic rings. The van der Waals surface area contributed by atoms with Crippen molar-refractivity contribution in [3.63, 3.8) is 0 Å². The second kappa shape index (κ2) is 4.16. The standard InChI is InChI=1S/C15H18N2O/c1-11(18)15-10-12-9-13(17-7-3-4-8-17)5-6-14(12)16(15)2/h5-6,9-10H,3-4,7-8H2,1-2H3. The molecule has 0 aliphatic carbocycles. The highest BCUT2D eigenvalue weighted by Gasteiger charge is 2.14. The zero-order valence-electron chi connectivity index (χ0n) is 10.9. The number of carbonyl (C=O) groups excluding carboxylic acids is 1. The minimum absolute atomic E-state index is 0.122. The van der Waals surface area contributed by atoms with E-state index in [0.717, 1.165) is 29.7 Å². The van der Waals surface area contributed by atoms with E-state index in [0.29, 0.717) is 0 Å². The molecule has 3 rings (SSSR count). The second-order valence-corrected chi connectivity index (χ2v) is 5.08. The Morgan fingerprint density at radius 3 is 2.56 bits per heavy atom. The first-order valence-electron chi connectivity index (χ1n) is 6.52. The smallest absolute Gasteiger partial charge is 0.176 e. The fraction of sp³-hybridized carbons (Fsp3) is 0.400. The molecule has 0 amide bonds. The first-order chi connectivity index (χ1) is 8.66. The molecule has 1 saturated heterocycles. The summed E-state index contributed by atoms with van der Waals surface area (Å²) < 4.78 is 1.98. The van der Waals surface area contributed by atoms with Crippen molar-refractivity contribution < 1.29 is 4.79 Å². The Balaban J connectivity index is 2.09. The first-order valence-corrected chi connectivity index (χ1v) is 6.52. The Morgan fingerprint density at radius 1 is 1.17 bits per heavy atom. The lowest BCUT2D eigenvalue weighted by Crippen LogP contribution is -2.17. The van der Waals surface area contributed by atoms with Gasteiger partial charge in [-0.2, -0.15) is 0 Å². The number of rotatable bonds is 2. The molecule has 94 valence electrons. The van der Waals surface area contributed by atoms with E-state index in [1.807, 2.05) is 17.7 Å². The largest absolute Gasteiger partial charge is 0.372 e. The normalized spacial score (nSPS) is 15.6. The summed E-state index contributed by atoms with van der Waals surface area (Å²) in [5.74, 6) is 0.122. The molecule has 1 aliphatic heterocycles. The number of hydrogen-bond acceptors (Lipinski definition) is 2. The van der Waals surface area contributed by atoms with Crippen molar-refractivity contribution in [2.75, 3.05) is 18.0 Å². The highest BCUT2D eigenvalue weighted by molar-refractivity contribution is 5.99. The van der Waals surface area contributed by atoms with Gasteiger partial charge in [0.25, 0.3) is 0 Å². The van der Waals surface area contributed by atoms with Crippen molar-refractivity contribution >= 4 is 22.4 Å². The Labute approximate surface area is 107 Å². The van der Waals surface area contributed by atoms with Crippen molar-refractivity contribution in [2.45, 2.75) is 19.8 Å². The van der Waals surface area contributed by atoms with Crippen LogP contribution >= 0.6 is 0 Å². The summed E-state index contributed by atoms with van der Waals surface area (Å²) in [4.78, 5) is 14.0. The van der Waals surface area contributed by atoms with Gasteiger partial charge in [-0.1, -0.05) is 0 Å². The van der Waals surface area contributed by atoms with Gasteiger partial charge in [0.05, 0.1) is 5.69 Å². The highest BCUT2D eigenvalue weighted by Crippen LogP contribution is 2.27. The molecular formula is C15H18N2O. The van der Waals surface area contributed by atoms with E-state index in [-0.39, 0.29) is 5.78 Å². The van der Waals surface area contributed by atoms with Crippen LogP contribution in [0.2, 0.25) is 0 Å². The van der Waals surface area contributed by atoms with Crippen molar-refractivity contribution in [3.8, 4) is 0 Å². The summed E-state index contributed by atoms with van der Waals surface area (Å²) in [5.41, 5.74) is 3.19. The van der Waals surface area contributed by atoms with Gasteiger partial charge >= 0.3 is 0 Å². The average Bonchev–Trinajstić information content (AvgIpc) is 2.97. The summed E-state index contributed by atoms with van der Waals surface area (Å²) in [5, 5.41) is 1.16. The number of benzene rings is 1. The first kappa shape index (κ1) is 11.3. The number of fused-ring (bicyclic) bond motifs is 1. The molecule has 0 atom stereocenters. The summed E-state index contributed by atoms with van der Waals surface area (Å²) in [6.07, 6.45) is 2.57. The zero-order chi connectivity index (χ0) is 12.7. The predicted octanol–water partition coefficient (Wildman–Crippen LogP) is 2.98. The van der Waals surface area contributed by atoms with E-state index < -0.39 is 0 Å². The summed E-state index contributed by atoms with van der Waals surface area (Å²) in [6, 6.07) is 8.48. The molecule has 0 bridgehead atoms. The zero-order valence-corrected chi connectivity index (χ0v) is 10.9. The topological polar surface area (TPSA) is 25.2 Å². The van der Waals surface area contributed by atoms with Crippen LogP contribution in [0.5, 0.6) is 0 Å². The molecule has 1 fully saturated rings. The van der Waals surface area contributed by atoms with Gasteiger partial charge in [-0.05, 0) is 37.1 Å². The summed E-state index contributed by atoms with van der Waals surface area (Å²) in [7, 11) is 1.95. The monoisotopic (exact) mass is 242 g/mol. The molecule has 1 aromatic heterocycles. The van der Waals surface area contributed by atoms with Gasteiger partial charge in [-0.15, -0.1) is 0 Å². The van der Waals surface area contributed by atoms with Crippen LogP contribution in [0.15, 0.2) is 24.3 Å². The van der Waals surface area contributed by atoms with E-state index in [9.17, 15) is 4.79 Å². The molecule has 0 radical (unpaired) electrons.